The van der Waals surface area contributed by atoms with Crippen LogP contribution in [-0.4, -0.2) is 22.8 Å². The minimum absolute atomic E-state index is 0.0479. The maximum Gasteiger partial charge on any atom is 0.201 e. The zero-order chi connectivity index (χ0) is 14.0. The quantitative estimate of drug-likeness (QED) is 0.904. The van der Waals surface area contributed by atoms with Crippen molar-refractivity contribution in [3.8, 4) is 0 Å². The van der Waals surface area contributed by atoms with E-state index in [0.29, 0.717) is 30.6 Å². The average molecular weight is 265 g/mol. The highest BCUT2D eigenvalue weighted by molar-refractivity contribution is 5.78. The third-order valence-electron chi connectivity index (χ3n) is 3.27. The lowest BCUT2D eigenvalue weighted by Gasteiger charge is -2.24. The van der Waals surface area contributed by atoms with Crippen molar-refractivity contribution in [3.63, 3.8) is 0 Å². The van der Waals surface area contributed by atoms with Gasteiger partial charge in [-0.05, 0) is 31.0 Å². The molecule has 1 unspecified atom stereocenters. The first-order valence-electron chi connectivity index (χ1n) is 6.55. The average Bonchev–Trinajstić information content (AvgIpc) is 2.66. The molecule has 0 saturated heterocycles. The number of hydrogen-bond donors (Lipinski definition) is 1. The highest BCUT2D eigenvalue weighted by atomic mass is 19.1. The summed E-state index contributed by atoms with van der Waals surface area (Å²) < 4.78 is 20.8. The van der Waals surface area contributed by atoms with Gasteiger partial charge in [0.25, 0.3) is 0 Å². The van der Waals surface area contributed by atoms with E-state index in [2.05, 4.69) is 18.8 Å². The summed E-state index contributed by atoms with van der Waals surface area (Å²) in [5.74, 6) is 0.432. The van der Waals surface area contributed by atoms with Crippen molar-refractivity contribution in [2.45, 2.75) is 26.8 Å². The van der Waals surface area contributed by atoms with E-state index in [1.807, 2.05) is 11.5 Å². The standard InChI is InChI=1S/C14H20FN3O/c1-4-19-8-13(9(2)3)18-12-7-10(15)5-6-11(12)17-14(18)16/h5-7,9,13H,4,8H2,1-3H3,(H2,16,17). The third-order valence-corrected chi connectivity index (χ3v) is 3.27. The van der Waals surface area contributed by atoms with Gasteiger partial charge >= 0.3 is 0 Å². The van der Waals surface area contributed by atoms with Crippen molar-refractivity contribution in [1.29, 1.82) is 0 Å². The van der Waals surface area contributed by atoms with Crippen molar-refractivity contribution >= 4 is 17.0 Å². The molecule has 0 bridgehead atoms. The van der Waals surface area contributed by atoms with Gasteiger partial charge in [0.1, 0.15) is 5.82 Å². The Morgan fingerprint density at radius 2 is 2.16 bits per heavy atom. The fourth-order valence-corrected chi connectivity index (χ4v) is 2.24. The zero-order valence-corrected chi connectivity index (χ0v) is 11.6. The largest absolute Gasteiger partial charge is 0.380 e. The number of imidazole rings is 1. The molecule has 1 aromatic carbocycles. The van der Waals surface area contributed by atoms with Crippen LogP contribution in [0.15, 0.2) is 18.2 Å². The molecule has 0 aliphatic carbocycles. The van der Waals surface area contributed by atoms with Gasteiger partial charge in [-0.2, -0.15) is 0 Å². The summed E-state index contributed by atoms with van der Waals surface area (Å²) in [4.78, 5) is 4.28. The smallest absolute Gasteiger partial charge is 0.201 e. The molecular formula is C14H20FN3O. The van der Waals surface area contributed by atoms with Gasteiger partial charge in [-0.25, -0.2) is 9.37 Å². The van der Waals surface area contributed by atoms with Crippen LogP contribution in [-0.2, 0) is 4.74 Å². The molecule has 1 heterocycles. The highest BCUT2D eigenvalue weighted by Gasteiger charge is 2.21. The number of rotatable bonds is 5. The summed E-state index contributed by atoms with van der Waals surface area (Å²) in [6.07, 6.45) is 0. The molecule has 104 valence electrons. The van der Waals surface area contributed by atoms with Crippen molar-refractivity contribution in [2.24, 2.45) is 5.92 Å². The molecule has 2 rings (SSSR count). The van der Waals surface area contributed by atoms with E-state index >= 15 is 0 Å². The zero-order valence-electron chi connectivity index (χ0n) is 11.6. The number of nitrogens with zero attached hydrogens (tertiary/aromatic N) is 2. The number of nitrogen functional groups attached to an aromatic ring is 1. The molecule has 0 radical (unpaired) electrons. The van der Waals surface area contributed by atoms with E-state index in [0.717, 1.165) is 5.52 Å². The minimum atomic E-state index is -0.285. The van der Waals surface area contributed by atoms with E-state index in [1.54, 1.807) is 6.07 Å². The minimum Gasteiger partial charge on any atom is -0.380 e. The number of hydrogen-bond acceptors (Lipinski definition) is 3. The number of halogens is 1. The van der Waals surface area contributed by atoms with Crippen molar-refractivity contribution in [2.75, 3.05) is 18.9 Å². The van der Waals surface area contributed by atoms with E-state index in [4.69, 9.17) is 10.5 Å². The van der Waals surface area contributed by atoms with Crippen LogP contribution in [0.5, 0.6) is 0 Å². The van der Waals surface area contributed by atoms with Crippen LogP contribution in [0, 0.1) is 11.7 Å². The number of fused-ring (bicyclic) bond motifs is 1. The second kappa shape index (κ2) is 5.57. The number of nitrogens with two attached hydrogens (primary N) is 1. The predicted octanol–water partition coefficient (Wildman–Crippen LogP) is 2.99. The molecule has 1 aromatic heterocycles. The summed E-state index contributed by atoms with van der Waals surface area (Å²) >= 11 is 0. The predicted molar refractivity (Wildman–Crippen MR) is 74.5 cm³/mol. The van der Waals surface area contributed by atoms with Crippen LogP contribution < -0.4 is 5.73 Å². The van der Waals surface area contributed by atoms with Gasteiger partial charge < -0.3 is 15.0 Å². The van der Waals surface area contributed by atoms with Crippen molar-refractivity contribution in [3.05, 3.63) is 24.0 Å². The Kier molecular flexibility index (Phi) is 4.04. The lowest BCUT2D eigenvalue weighted by Crippen LogP contribution is -2.22. The van der Waals surface area contributed by atoms with Crippen LogP contribution >= 0.6 is 0 Å². The van der Waals surface area contributed by atoms with Crippen LogP contribution in [0.2, 0.25) is 0 Å². The van der Waals surface area contributed by atoms with Gasteiger partial charge in [-0.1, -0.05) is 13.8 Å². The summed E-state index contributed by atoms with van der Waals surface area (Å²) in [7, 11) is 0. The summed E-state index contributed by atoms with van der Waals surface area (Å²) in [6, 6.07) is 4.56. The Labute approximate surface area is 112 Å². The van der Waals surface area contributed by atoms with Gasteiger partial charge in [-0.3, -0.25) is 0 Å². The second-order valence-corrected chi connectivity index (χ2v) is 4.94. The lowest BCUT2D eigenvalue weighted by atomic mass is 10.0. The van der Waals surface area contributed by atoms with Gasteiger partial charge in [-0.15, -0.1) is 0 Å². The van der Waals surface area contributed by atoms with E-state index in [-0.39, 0.29) is 11.9 Å². The number of ether oxygens (including phenoxy) is 1. The summed E-state index contributed by atoms with van der Waals surface area (Å²) in [5.41, 5.74) is 7.42. The van der Waals surface area contributed by atoms with Crippen LogP contribution in [0.1, 0.15) is 26.8 Å². The normalized spacial score (nSPS) is 13.3. The van der Waals surface area contributed by atoms with E-state index < -0.39 is 0 Å². The SMILES string of the molecule is CCOCC(C(C)C)n1c(N)nc2ccc(F)cc21. The van der Waals surface area contributed by atoms with Gasteiger partial charge in [0.05, 0.1) is 23.7 Å². The fourth-order valence-electron chi connectivity index (χ4n) is 2.24. The Morgan fingerprint density at radius 3 is 2.79 bits per heavy atom. The van der Waals surface area contributed by atoms with Crippen LogP contribution in [0.25, 0.3) is 11.0 Å². The molecule has 4 nitrogen and oxygen atoms in total. The Morgan fingerprint density at radius 1 is 1.42 bits per heavy atom. The van der Waals surface area contributed by atoms with Crippen molar-refractivity contribution < 1.29 is 9.13 Å². The van der Waals surface area contributed by atoms with Gasteiger partial charge in [0.15, 0.2) is 0 Å². The molecule has 0 aliphatic heterocycles. The molecule has 0 saturated carbocycles. The topological polar surface area (TPSA) is 53.1 Å². The van der Waals surface area contributed by atoms with Gasteiger partial charge in [0, 0.05) is 6.61 Å². The number of aromatic nitrogens is 2. The monoisotopic (exact) mass is 265 g/mol. The first-order chi connectivity index (χ1) is 9.04. The van der Waals surface area contributed by atoms with Crippen LogP contribution in [0.4, 0.5) is 10.3 Å². The van der Waals surface area contributed by atoms with E-state index in [1.165, 1.54) is 12.1 Å². The molecule has 2 N–H and O–H groups in total. The van der Waals surface area contributed by atoms with Crippen molar-refractivity contribution in [1.82, 2.24) is 9.55 Å². The number of benzene rings is 1. The summed E-state index contributed by atoms with van der Waals surface area (Å²) in [6.45, 7) is 7.32. The Balaban J connectivity index is 2.51. The fraction of sp³-hybridized carbons (Fsp3) is 0.500. The molecule has 0 spiro atoms. The highest BCUT2D eigenvalue weighted by Crippen LogP contribution is 2.28. The maximum atomic E-state index is 13.4. The molecule has 0 fully saturated rings. The molecule has 2 aromatic rings. The van der Waals surface area contributed by atoms with Crippen LogP contribution in [0.3, 0.4) is 0 Å². The molecule has 0 aliphatic rings. The first kappa shape index (κ1) is 13.8. The number of anilines is 1. The van der Waals surface area contributed by atoms with Gasteiger partial charge in [0.2, 0.25) is 5.95 Å². The molecule has 0 amide bonds. The Hall–Kier alpha value is -1.62. The maximum absolute atomic E-state index is 13.4. The molecular weight excluding hydrogens is 245 g/mol. The first-order valence-corrected chi connectivity index (χ1v) is 6.55. The molecule has 19 heavy (non-hydrogen) atoms. The summed E-state index contributed by atoms with van der Waals surface area (Å²) in [5, 5.41) is 0. The van der Waals surface area contributed by atoms with E-state index in [9.17, 15) is 4.39 Å². The molecule has 5 heteroatoms. The lowest BCUT2D eigenvalue weighted by molar-refractivity contribution is 0.0987. The third kappa shape index (κ3) is 2.71. The Bertz CT molecular complexity index is 565. The second-order valence-electron chi connectivity index (χ2n) is 4.94. The molecule has 1 atom stereocenters.